The lowest BCUT2D eigenvalue weighted by atomic mass is 10.2. The molecule has 1 aromatic rings. The van der Waals surface area contributed by atoms with E-state index < -0.39 is 5.97 Å². The van der Waals surface area contributed by atoms with Crippen molar-refractivity contribution in [1.82, 2.24) is 10.3 Å². The Kier molecular flexibility index (Phi) is 8.28. The van der Waals surface area contributed by atoms with E-state index in [9.17, 15) is 9.59 Å². The number of nitrogens with one attached hydrogen (secondary N) is 1. The fourth-order valence-electron chi connectivity index (χ4n) is 0.957. The quantitative estimate of drug-likeness (QED) is 0.836. The Hall–Kier alpha value is -1.91. The third-order valence-corrected chi connectivity index (χ3v) is 1.96. The van der Waals surface area contributed by atoms with Crippen LogP contribution in [0, 0.1) is 0 Å². The number of aromatic carboxylic acids is 1. The number of carboxylic acid groups (broad SMARTS) is 1. The Morgan fingerprint density at radius 3 is 2.29 bits per heavy atom. The van der Waals surface area contributed by atoms with Gasteiger partial charge in [0.25, 0.3) is 0 Å². The summed E-state index contributed by atoms with van der Waals surface area (Å²) in [6.07, 6.45) is 5.66. The molecule has 0 radical (unpaired) electrons. The van der Waals surface area contributed by atoms with Crippen molar-refractivity contribution in [3.05, 3.63) is 30.1 Å². The van der Waals surface area contributed by atoms with Crippen LogP contribution in [0.2, 0.25) is 0 Å². The average molecular weight is 238 g/mol. The van der Waals surface area contributed by atoms with Crippen LogP contribution in [-0.2, 0) is 4.79 Å². The maximum atomic E-state index is 10.5. The fourth-order valence-corrected chi connectivity index (χ4v) is 0.957. The highest BCUT2D eigenvalue weighted by molar-refractivity contribution is 5.87. The van der Waals surface area contributed by atoms with E-state index in [0.29, 0.717) is 6.42 Å². The van der Waals surface area contributed by atoms with Gasteiger partial charge in [-0.1, -0.05) is 13.3 Å². The number of pyridine rings is 1. The Morgan fingerprint density at radius 1 is 1.35 bits per heavy atom. The van der Waals surface area contributed by atoms with E-state index in [0.717, 1.165) is 12.8 Å². The second kappa shape index (κ2) is 9.33. The second-order valence-electron chi connectivity index (χ2n) is 3.32. The average Bonchev–Trinajstić information content (AvgIpc) is 2.37. The van der Waals surface area contributed by atoms with Crippen LogP contribution in [0.4, 0.5) is 0 Å². The lowest BCUT2D eigenvalue weighted by molar-refractivity contribution is -0.120. The van der Waals surface area contributed by atoms with Gasteiger partial charge in [0.15, 0.2) is 0 Å². The van der Waals surface area contributed by atoms with E-state index in [-0.39, 0.29) is 11.5 Å². The van der Waals surface area contributed by atoms with Crippen LogP contribution in [0.5, 0.6) is 0 Å². The van der Waals surface area contributed by atoms with Crippen LogP contribution in [0.15, 0.2) is 24.5 Å². The summed E-state index contributed by atoms with van der Waals surface area (Å²) in [4.78, 5) is 24.3. The first-order valence-electron chi connectivity index (χ1n) is 5.45. The van der Waals surface area contributed by atoms with Gasteiger partial charge in [-0.05, 0) is 18.6 Å². The molecule has 0 fully saturated rings. The zero-order chi connectivity index (χ0) is 13.1. The van der Waals surface area contributed by atoms with Crippen molar-refractivity contribution in [1.29, 1.82) is 0 Å². The molecule has 1 rings (SSSR count). The van der Waals surface area contributed by atoms with Gasteiger partial charge >= 0.3 is 5.97 Å². The van der Waals surface area contributed by atoms with Crippen molar-refractivity contribution in [3.63, 3.8) is 0 Å². The molecule has 0 atom stereocenters. The third-order valence-electron chi connectivity index (χ3n) is 1.96. The van der Waals surface area contributed by atoms with Crippen molar-refractivity contribution in [2.75, 3.05) is 7.05 Å². The van der Waals surface area contributed by atoms with E-state index in [4.69, 9.17) is 5.11 Å². The molecule has 0 saturated heterocycles. The molecule has 0 aliphatic rings. The zero-order valence-corrected chi connectivity index (χ0v) is 10.1. The van der Waals surface area contributed by atoms with Gasteiger partial charge in [-0.2, -0.15) is 0 Å². The van der Waals surface area contributed by atoms with Crippen LogP contribution in [0.3, 0.4) is 0 Å². The van der Waals surface area contributed by atoms with Gasteiger partial charge in [-0.15, -0.1) is 0 Å². The van der Waals surface area contributed by atoms with Crippen LogP contribution in [-0.4, -0.2) is 29.0 Å². The standard InChI is InChI=1S/C6H5NO2.C6H13NO/c8-6(9)5-1-3-7-4-2-5;1-3-4-5-6(8)7-2/h1-4H,(H,8,9);3-5H2,1-2H3,(H,7,8). The first kappa shape index (κ1) is 15.1. The molecule has 0 saturated carbocycles. The lowest BCUT2D eigenvalue weighted by Crippen LogP contribution is -2.16. The molecule has 0 aromatic carbocycles. The van der Waals surface area contributed by atoms with E-state index in [2.05, 4.69) is 17.2 Å². The van der Waals surface area contributed by atoms with Crippen molar-refractivity contribution in [3.8, 4) is 0 Å². The number of hydrogen-bond donors (Lipinski definition) is 2. The zero-order valence-electron chi connectivity index (χ0n) is 10.1. The van der Waals surface area contributed by atoms with Crippen molar-refractivity contribution < 1.29 is 14.7 Å². The summed E-state index contributed by atoms with van der Waals surface area (Å²) in [5, 5.41) is 10.9. The van der Waals surface area contributed by atoms with Gasteiger partial charge in [0, 0.05) is 25.9 Å². The monoisotopic (exact) mass is 238 g/mol. The molecule has 1 heterocycles. The summed E-state index contributed by atoms with van der Waals surface area (Å²) in [5.74, 6) is -0.774. The molecule has 5 heteroatoms. The van der Waals surface area contributed by atoms with Gasteiger partial charge in [0.2, 0.25) is 5.91 Å². The smallest absolute Gasteiger partial charge is 0.335 e. The highest BCUT2D eigenvalue weighted by Crippen LogP contribution is 1.93. The van der Waals surface area contributed by atoms with Crippen LogP contribution in [0.25, 0.3) is 0 Å². The van der Waals surface area contributed by atoms with Crippen LogP contribution in [0.1, 0.15) is 36.5 Å². The van der Waals surface area contributed by atoms with Gasteiger partial charge < -0.3 is 10.4 Å². The Morgan fingerprint density at radius 2 is 1.94 bits per heavy atom. The molecule has 0 bridgehead atoms. The minimum atomic E-state index is -0.919. The van der Waals surface area contributed by atoms with E-state index in [1.807, 2.05) is 0 Å². The summed E-state index contributed by atoms with van der Waals surface area (Å²) < 4.78 is 0. The number of unbranched alkanes of at least 4 members (excludes halogenated alkanes) is 1. The normalized spacial score (nSPS) is 8.82. The molecule has 5 nitrogen and oxygen atoms in total. The molecule has 94 valence electrons. The van der Waals surface area contributed by atoms with E-state index >= 15 is 0 Å². The predicted octanol–water partition coefficient (Wildman–Crippen LogP) is 1.70. The van der Waals surface area contributed by atoms with Crippen LogP contribution >= 0.6 is 0 Å². The Labute approximate surface area is 101 Å². The van der Waals surface area contributed by atoms with Crippen molar-refractivity contribution >= 4 is 11.9 Å². The van der Waals surface area contributed by atoms with Gasteiger partial charge in [0.1, 0.15) is 0 Å². The maximum absolute atomic E-state index is 10.5. The van der Waals surface area contributed by atoms with E-state index in [1.54, 1.807) is 7.05 Å². The molecule has 0 spiro atoms. The Balaban J connectivity index is 0.000000304. The number of nitrogens with zero attached hydrogens (tertiary/aromatic N) is 1. The maximum Gasteiger partial charge on any atom is 0.335 e. The summed E-state index contributed by atoms with van der Waals surface area (Å²) in [5.41, 5.74) is 0.269. The topological polar surface area (TPSA) is 79.3 Å². The molecule has 0 unspecified atom stereocenters. The molecule has 1 aromatic heterocycles. The van der Waals surface area contributed by atoms with Gasteiger partial charge in [0.05, 0.1) is 5.56 Å². The first-order valence-corrected chi connectivity index (χ1v) is 5.45. The fraction of sp³-hybridized carbons (Fsp3) is 0.417. The largest absolute Gasteiger partial charge is 0.478 e. The second-order valence-corrected chi connectivity index (χ2v) is 3.32. The number of carbonyl (C=O) groups is 2. The molecule has 2 N–H and O–H groups in total. The van der Waals surface area contributed by atoms with Gasteiger partial charge in [-0.3, -0.25) is 9.78 Å². The molecular weight excluding hydrogens is 220 g/mol. The number of rotatable bonds is 4. The van der Waals surface area contributed by atoms with Crippen molar-refractivity contribution in [2.24, 2.45) is 0 Å². The number of carbonyl (C=O) groups excluding carboxylic acids is 1. The minimum absolute atomic E-state index is 0.145. The molecule has 0 aliphatic heterocycles. The molecular formula is C12H18N2O3. The SMILES string of the molecule is CCCCC(=O)NC.O=C(O)c1ccncc1. The molecule has 17 heavy (non-hydrogen) atoms. The summed E-state index contributed by atoms with van der Waals surface area (Å²) in [6, 6.07) is 2.89. The minimum Gasteiger partial charge on any atom is -0.478 e. The number of amides is 1. The van der Waals surface area contributed by atoms with Gasteiger partial charge in [-0.25, -0.2) is 4.79 Å². The third kappa shape index (κ3) is 7.96. The molecule has 0 aliphatic carbocycles. The van der Waals surface area contributed by atoms with E-state index in [1.165, 1.54) is 24.5 Å². The summed E-state index contributed by atoms with van der Waals surface area (Å²) in [6.45, 7) is 2.07. The highest BCUT2D eigenvalue weighted by atomic mass is 16.4. The lowest BCUT2D eigenvalue weighted by Gasteiger charge is -1.94. The first-order chi connectivity index (χ1) is 8.11. The predicted molar refractivity (Wildman–Crippen MR) is 64.8 cm³/mol. The van der Waals surface area contributed by atoms with Crippen LogP contribution < -0.4 is 5.32 Å². The van der Waals surface area contributed by atoms with Crippen molar-refractivity contribution in [2.45, 2.75) is 26.2 Å². The summed E-state index contributed by atoms with van der Waals surface area (Å²) in [7, 11) is 1.66. The Bertz CT molecular complexity index is 339. The summed E-state index contributed by atoms with van der Waals surface area (Å²) >= 11 is 0. The number of aromatic nitrogens is 1. The highest BCUT2D eigenvalue weighted by Gasteiger charge is 1.97. The number of carboxylic acids is 1. The molecule has 1 amide bonds. The number of hydrogen-bond acceptors (Lipinski definition) is 3.